The van der Waals surface area contributed by atoms with Crippen LogP contribution in [-0.4, -0.2) is 48.0 Å². The molecule has 0 unspecified atom stereocenters. The van der Waals surface area contributed by atoms with Gasteiger partial charge in [0.15, 0.2) is 11.5 Å². The van der Waals surface area contributed by atoms with E-state index in [-0.39, 0.29) is 12.7 Å². The molecule has 0 amide bonds. The van der Waals surface area contributed by atoms with Gasteiger partial charge in [-0.1, -0.05) is 0 Å². The van der Waals surface area contributed by atoms with E-state index in [1.165, 1.54) is 0 Å². The first-order chi connectivity index (χ1) is 11.3. The normalized spacial score (nSPS) is 16.4. The van der Waals surface area contributed by atoms with Crippen LogP contribution in [0.3, 0.4) is 0 Å². The van der Waals surface area contributed by atoms with E-state index in [2.05, 4.69) is 20.3 Å². The van der Waals surface area contributed by atoms with Crippen LogP contribution in [0.15, 0.2) is 18.2 Å². The summed E-state index contributed by atoms with van der Waals surface area (Å²) < 4.78 is 16.0. The van der Waals surface area contributed by atoms with Crippen LogP contribution in [0.5, 0.6) is 11.5 Å². The lowest BCUT2D eigenvalue weighted by molar-refractivity contribution is 0.122. The Morgan fingerprint density at radius 2 is 1.87 bits per heavy atom. The highest BCUT2D eigenvalue weighted by Gasteiger charge is 2.17. The van der Waals surface area contributed by atoms with Gasteiger partial charge in [0.25, 0.3) is 0 Å². The summed E-state index contributed by atoms with van der Waals surface area (Å²) in [5, 5.41) is 3.12. The average Bonchev–Trinajstić information content (AvgIpc) is 3.03. The van der Waals surface area contributed by atoms with Crippen molar-refractivity contribution in [1.82, 2.24) is 15.0 Å². The number of hydrogen-bond acceptors (Lipinski definition) is 9. The van der Waals surface area contributed by atoms with Gasteiger partial charge in [-0.25, -0.2) is 0 Å². The SMILES string of the molecule is Nc1nc(Nc2ccc3c(c2)OCO3)nc(N2CCOCC2)n1. The number of anilines is 4. The molecule has 2 aliphatic heterocycles. The van der Waals surface area contributed by atoms with Crippen LogP contribution < -0.4 is 25.4 Å². The van der Waals surface area contributed by atoms with E-state index in [0.29, 0.717) is 30.9 Å². The number of nitrogen functional groups attached to an aromatic ring is 1. The molecule has 3 heterocycles. The number of nitrogens with zero attached hydrogens (tertiary/aromatic N) is 4. The lowest BCUT2D eigenvalue weighted by atomic mass is 10.3. The molecule has 4 rings (SSSR count). The molecule has 1 aromatic carbocycles. The Morgan fingerprint density at radius 3 is 2.74 bits per heavy atom. The summed E-state index contributed by atoms with van der Waals surface area (Å²) >= 11 is 0. The van der Waals surface area contributed by atoms with Crippen molar-refractivity contribution < 1.29 is 14.2 Å². The van der Waals surface area contributed by atoms with Crippen LogP contribution in [0, 0.1) is 0 Å². The van der Waals surface area contributed by atoms with Crippen LogP contribution in [-0.2, 0) is 4.74 Å². The Hall–Kier alpha value is -2.81. The molecule has 1 fully saturated rings. The highest BCUT2D eigenvalue weighted by molar-refractivity contribution is 5.61. The van der Waals surface area contributed by atoms with Gasteiger partial charge in [-0.05, 0) is 12.1 Å². The van der Waals surface area contributed by atoms with Crippen molar-refractivity contribution in [2.75, 3.05) is 49.0 Å². The zero-order valence-electron chi connectivity index (χ0n) is 12.4. The molecule has 0 aliphatic carbocycles. The van der Waals surface area contributed by atoms with Crippen LogP contribution >= 0.6 is 0 Å². The monoisotopic (exact) mass is 316 g/mol. The second-order valence-corrected chi connectivity index (χ2v) is 5.11. The smallest absolute Gasteiger partial charge is 0.233 e. The predicted octanol–water partition coefficient (Wildman–Crippen LogP) is 0.763. The minimum absolute atomic E-state index is 0.171. The lowest BCUT2D eigenvalue weighted by Gasteiger charge is -2.26. The molecule has 120 valence electrons. The molecule has 1 saturated heterocycles. The van der Waals surface area contributed by atoms with Crippen molar-refractivity contribution in [2.24, 2.45) is 0 Å². The van der Waals surface area contributed by atoms with E-state index in [4.69, 9.17) is 19.9 Å². The molecule has 9 nitrogen and oxygen atoms in total. The van der Waals surface area contributed by atoms with Gasteiger partial charge in [0.1, 0.15) is 0 Å². The number of nitrogens with two attached hydrogens (primary N) is 1. The van der Waals surface area contributed by atoms with Gasteiger partial charge < -0.3 is 30.2 Å². The first-order valence-electron chi connectivity index (χ1n) is 7.29. The quantitative estimate of drug-likeness (QED) is 0.848. The van der Waals surface area contributed by atoms with E-state index in [9.17, 15) is 0 Å². The molecule has 9 heteroatoms. The van der Waals surface area contributed by atoms with Crippen molar-refractivity contribution in [3.05, 3.63) is 18.2 Å². The fourth-order valence-electron chi connectivity index (χ4n) is 2.44. The summed E-state index contributed by atoms with van der Waals surface area (Å²) in [5.41, 5.74) is 6.59. The molecule has 0 bridgehead atoms. The molecular formula is C14H16N6O3. The number of nitrogens with one attached hydrogen (secondary N) is 1. The summed E-state index contributed by atoms with van der Waals surface area (Å²) in [6, 6.07) is 5.52. The standard InChI is InChI=1S/C14H16N6O3/c15-12-17-13(19-14(18-12)20-3-5-21-6-4-20)16-9-1-2-10-11(7-9)23-8-22-10/h1-2,7H,3-6,8H2,(H3,15,16,17,18,19). The minimum atomic E-state index is 0.171. The summed E-state index contributed by atoms with van der Waals surface area (Å²) in [6.07, 6.45) is 0. The molecule has 23 heavy (non-hydrogen) atoms. The molecule has 1 aromatic heterocycles. The number of aromatic nitrogens is 3. The van der Waals surface area contributed by atoms with E-state index in [1.807, 2.05) is 23.1 Å². The van der Waals surface area contributed by atoms with E-state index >= 15 is 0 Å². The molecular weight excluding hydrogens is 300 g/mol. The Morgan fingerprint density at radius 1 is 1.04 bits per heavy atom. The van der Waals surface area contributed by atoms with Crippen LogP contribution in [0.4, 0.5) is 23.5 Å². The van der Waals surface area contributed by atoms with Crippen molar-refractivity contribution in [3.8, 4) is 11.5 Å². The van der Waals surface area contributed by atoms with Crippen molar-refractivity contribution in [3.63, 3.8) is 0 Å². The number of rotatable bonds is 3. The van der Waals surface area contributed by atoms with E-state index in [1.54, 1.807) is 0 Å². The summed E-state index contributed by atoms with van der Waals surface area (Å²) in [5.74, 6) is 2.51. The second kappa shape index (κ2) is 5.76. The highest BCUT2D eigenvalue weighted by atomic mass is 16.7. The number of hydrogen-bond donors (Lipinski definition) is 2. The number of fused-ring (bicyclic) bond motifs is 1. The summed E-state index contributed by atoms with van der Waals surface area (Å²) in [4.78, 5) is 14.8. The van der Waals surface area contributed by atoms with Crippen LogP contribution in [0.1, 0.15) is 0 Å². The van der Waals surface area contributed by atoms with E-state index < -0.39 is 0 Å². The molecule has 0 atom stereocenters. The van der Waals surface area contributed by atoms with Gasteiger partial charge in [-0.3, -0.25) is 0 Å². The Kier molecular flexibility index (Phi) is 3.46. The second-order valence-electron chi connectivity index (χ2n) is 5.11. The predicted molar refractivity (Wildman–Crippen MR) is 83.1 cm³/mol. The van der Waals surface area contributed by atoms with Gasteiger partial charge >= 0.3 is 0 Å². The van der Waals surface area contributed by atoms with Crippen molar-refractivity contribution >= 4 is 23.5 Å². The van der Waals surface area contributed by atoms with Crippen LogP contribution in [0.25, 0.3) is 0 Å². The fraction of sp³-hybridized carbons (Fsp3) is 0.357. The van der Waals surface area contributed by atoms with Crippen molar-refractivity contribution in [2.45, 2.75) is 0 Å². The first kappa shape index (κ1) is 13.8. The van der Waals surface area contributed by atoms with Gasteiger partial charge in [0, 0.05) is 24.8 Å². The Labute approximate surface area is 132 Å². The number of ether oxygens (including phenoxy) is 3. The molecule has 2 aromatic rings. The molecule has 2 aliphatic rings. The zero-order chi connectivity index (χ0) is 15.6. The first-order valence-corrected chi connectivity index (χ1v) is 7.29. The number of morpholine rings is 1. The number of benzene rings is 1. The maximum Gasteiger partial charge on any atom is 0.233 e. The van der Waals surface area contributed by atoms with Gasteiger partial charge in [0.05, 0.1) is 13.2 Å². The third-order valence-corrected chi connectivity index (χ3v) is 3.56. The molecule has 0 radical (unpaired) electrons. The van der Waals surface area contributed by atoms with E-state index in [0.717, 1.165) is 24.5 Å². The van der Waals surface area contributed by atoms with Crippen LogP contribution in [0.2, 0.25) is 0 Å². The molecule has 0 spiro atoms. The Balaban J connectivity index is 1.57. The van der Waals surface area contributed by atoms with Gasteiger partial charge in [0.2, 0.25) is 24.6 Å². The molecule has 3 N–H and O–H groups in total. The average molecular weight is 316 g/mol. The topological polar surface area (TPSA) is 108 Å². The van der Waals surface area contributed by atoms with Gasteiger partial charge in [-0.2, -0.15) is 15.0 Å². The largest absolute Gasteiger partial charge is 0.454 e. The Bertz CT molecular complexity index is 720. The highest BCUT2D eigenvalue weighted by Crippen LogP contribution is 2.34. The zero-order valence-corrected chi connectivity index (χ0v) is 12.4. The lowest BCUT2D eigenvalue weighted by Crippen LogP contribution is -2.37. The minimum Gasteiger partial charge on any atom is -0.454 e. The van der Waals surface area contributed by atoms with Gasteiger partial charge in [-0.15, -0.1) is 0 Å². The fourth-order valence-corrected chi connectivity index (χ4v) is 2.44. The molecule has 0 saturated carbocycles. The summed E-state index contributed by atoms with van der Waals surface area (Å²) in [6.45, 7) is 2.99. The third kappa shape index (κ3) is 2.90. The van der Waals surface area contributed by atoms with Crippen molar-refractivity contribution in [1.29, 1.82) is 0 Å². The third-order valence-electron chi connectivity index (χ3n) is 3.56. The summed E-state index contributed by atoms with van der Waals surface area (Å²) in [7, 11) is 0. The maximum absolute atomic E-state index is 5.81. The maximum atomic E-state index is 5.81.